The fraction of sp³-hybridized carbons (Fsp3) is 0.130. The number of esters is 1. The minimum absolute atomic E-state index is 0.192. The first-order valence-corrected chi connectivity index (χ1v) is 10.0. The Bertz CT molecular complexity index is 1100. The second kappa shape index (κ2) is 7.93. The van der Waals surface area contributed by atoms with Gasteiger partial charge < -0.3 is 14.2 Å². The van der Waals surface area contributed by atoms with Crippen LogP contribution in [-0.2, 0) is 0 Å². The van der Waals surface area contributed by atoms with Gasteiger partial charge in [-0.15, -0.1) is 11.3 Å². The largest absolute Gasteiger partial charge is 0.494 e. The number of ether oxygens (including phenoxy) is 3. The molecule has 2 aromatic carbocycles. The highest BCUT2D eigenvalue weighted by atomic mass is 32.1. The third kappa shape index (κ3) is 3.93. The Kier molecular flexibility index (Phi) is 5.18. The van der Waals surface area contributed by atoms with E-state index in [-0.39, 0.29) is 11.5 Å². The number of Topliss-reactive ketones (excluding diaryl/α,β-unsaturated/α-hetero) is 1. The van der Waals surface area contributed by atoms with Crippen molar-refractivity contribution in [2.75, 3.05) is 6.61 Å². The van der Waals surface area contributed by atoms with Gasteiger partial charge in [0, 0.05) is 6.07 Å². The maximum absolute atomic E-state index is 12.8. The van der Waals surface area contributed by atoms with Gasteiger partial charge in [-0.25, -0.2) is 4.79 Å². The molecule has 0 radical (unpaired) electrons. The van der Waals surface area contributed by atoms with Gasteiger partial charge in [-0.1, -0.05) is 18.2 Å². The lowest BCUT2D eigenvalue weighted by Gasteiger charge is -2.06. The Morgan fingerprint density at radius 1 is 1.14 bits per heavy atom. The van der Waals surface area contributed by atoms with E-state index >= 15 is 0 Å². The summed E-state index contributed by atoms with van der Waals surface area (Å²) in [5.74, 6) is 1.10. The van der Waals surface area contributed by atoms with Gasteiger partial charge in [-0.05, 0) is 60.7 Å². The first kappa shape index (κ1) is 19.0. The molecule has 0 saturated heterocycles. The van der Waals surface area contributed by atoms with E-state index in [4.69, 9.17) is 14.2 Å². The molecular formula is C23H18O5S. The van der Waals surface area contributed by atoms with Crippen molar-refractivity contribution in [3.63, 3.8) is 0 Å². The van der Waals surface area contributed by atoms with Gasteiger partial charge in [0.1, 0.15) is 22.1 Å². The van der Waals surface area contributed by atoms with E-state index in [1.54, 1.807) is 37.3 Å². The van der Waals surface area contributed by atoms with E-state index in [1.165, 1.54) is 11.3 Å². The van der Waals surface area contributed by atoms with Crippen LogP contribution in [0.3, 0.4) is 0 Å². The van der Waals surface area contributed by atoms with Gasteiger partial charge in [0.25, 0.3) is 0 Å². The van der Waals surface area contributed by atoms with E-state index < -0.39 is 5.97 Å². The first-order valence-electron chi connectivity index (χ1n) is 9.12. The number of ketones is 1. The summed E-state index contributed by atoms with van der Waals surface area (Å²) in [6.45, 7) is 4.31. The zero-order valence-corrected chi connectivity index (χ0v) is 16.7. The van der Waals surface area contributed by atoms with Crippen LogP contribution in [0.25, 0.3) is 6.08 Å². The lowest BCUT2D eigenvalue weighted by molar-refractivity contribution is 0.0739. The quantitative estimate of drug-likeness (QED) is 0.327. The molecule has 1 aromatic heterocycles. The Hall–Kier alpha value is -3.38. The SMILES string of the molecule is CCOc1ccc(/C=C2\Oc3cc(OC(=O)c4cccs4)cc(C)c3C2=O)cc1. The lowest BCUT2D eigenvalue weighted by atomic mass is 10.0. The van der Waals surface area contributed by atoms with E-state index in [2.05, 4.69) is 0 Å². The highest BCUT2D eigenvalue weighted by Gasteiger charge is 2.30. The molecule has 0 aliphatic carbocycles. The fourth-order valence-electron chi connectivity index (χ4n) is 3.07. The number of rotatable bonds is 5. The summed E-state index contributed by atoms with van der Waals surface area (Å²) >= 11 is 1.31. The minimum atomic E-state index is -0.436. The van der Waals surface area contributed by atoms with Crippen molar-refractivity contribution in [3.05, 3.63) is 81.2 Å². The first-order chi connectivity index (χ1) is 14.0. The monoisotopic (exact) mass is 406 g/mol. The maximum Gasteiger partial charge on any atom is 0.353 e. The van der Waals surface area contributed by atoms with Gasteiger partial charge in [-0.3, -0.25) is 4.79 Å². The molecule has 1 aliphatic heterocycles. The molecule has 2 heterocycles. The molecule has 0 N–H and O–H groups in total. The van der Waals surface area contributed by atoms with Gasteiger partial charge in [-0.2, -0.15) is 0 Å². The zero-order valence-electron chi connectivity index (χ0n) is 15.9. The zero-order chi connectivity index (χ0) is 20.4. The summed E-state index contributed by atoms with van der Waals surface area (Å²) in [6.07, 6.45) is 1.69. The molecule has 0 spiro atoms. The van der Waals surface area contributed by atoms with Crippen LogP contribution in [0.4, 0.5) is 0 Å². The normalized spacial score (nSPS) is 13.9. The topological polar surface area (TPSA) is 61.8 Å². The van der Waals surface area contributed by atoms with Crippen molar-refractivity contribution in [1.82, 2.24) is 0 Å². The van der Waals surface area contributed by atoms with Crippen molar-refractivity contribution in [1.29, 1.82) is 0 Å². The number of allylic oxidation sites excluding steroid dienone is 1. The third-order valence-electron chi connectivity index (χ3n) is 4.37. The summed E-state index contributed by atoms with van der Waals surface area (Å²) in [7, 11) is 0. The highest BCUT2D eigenvalue weighted by Crippen LogP contribution is 2.37. The molecule has 6 heteroatoms. The standard InChI is InChI=1S/C23H18O5S/c1-3-26-16-8-6-15(7-9-16)12-19-22(24)21-14(2)11-17(13-18(21)28-19)27-23(25)20-5-4-10-29-20/h4-13H,3H2,1-2H3/b19-12-. The van der Waals surface area contributed by atoms with E-state index in [1.807, 2.05) is 36.6 Å². The molecule has 0 atom stereocenters. The Morgan fingerprint density at radius 3 is 2.62 bits per heavy atom. The lowest BCUT2D eigenvalue weighted by Crippen LogP contribution is -2.06. The third-order valence-corrected chi connectivity index (χ3v) is 5.22. The molecule has 4 rings (SSSR count). The highest BCUT2D eigenvalue weighted by molar-refractivity contribution is 7.12. The molecule has 3 aromatic rings. The molecule has 1 aliphatic rings. The molecular weight excluding hydrogens is 388 g/mol. The molecule has 0 amide bonds. The maximum atomic E-state index is 12.8. The number of fused-ring (bicyclic) bond motifs is 1. The predicted molar refractivity (Wildman–Crippen MR) is 111 cm³/mol. The molecule has 0 saturated carbocycles. The smallest absolute Gasteiger partial charge is 0.353 e. The van der Waals surface area contributed by atoms with E-state index in [0.717, 1.165) is 11.3 Å². The second-order valence-electron chi connectivity index (χ2n) is 6.42. The van der Waals surface area contributed by atoms with Crippen molar-refractivity contribution < 1.29 is 23.8 Å². The number of benzene rings is 2. The Labute approximate surface area is 172 Å². The van der Waals surface area contributed by atoms with Gasteiger partial charge in [0.2, 0.25) is 5.78 Å². The van der Waals surface area contributed by atoms with Crippen LogP contribution in [0.1, 0.15) is 38.1 Å². The van der Waals surface area contributed by atoms with Gasteiger partial charge in [0.05, 0.1) is 12.2 Å². The molecule has 5 nitrogen and oxygen atoms in total. The fourth-order valence-corrected chi connectivity index (χ4v) is 3.67. The van der Waals surface area contributed by atoms with Crippen molar-refractivity contribution in [2.45, 2.75) is 13.8 Å². The van der Waals surface area contributed by atoms with Crippen LogP contribution in [-0.4, -0.2) is 18.4 Å². The molecule has 0 fully saturated rings. The Balaban J connectivity index is 1.57. The van der Waals surface area contributed by atoms with Crippen LogP contribution in [0, 0.1) is 6.92 Å². The van der Waals surface area contributed by atoms with E-state index in [9.17, 15) is 9.59 Å². The summed E-state index contributed by atoms with van der Waals surface area (Å²) in [5.41, 5.74) is 2.00. The summed E-state index contributed by atoms with van der Waals surface area (Å²) < 4.78 is 16.7. The average Bonchev–Trinajstić information content (AvgIpc) is 3.33. The second-order valence-corrected chi connectivity index (χ2v) is 7.37. The van der Waals surface area contributed by atoms with E-state index in [0.29, 0.717) is 34.1 Å². The van der Waals surface area contributed by atoms with Crippen LogP contribution in [0.2, 0.25) is 0 Å². The summed E-state index contributed by atoms with van der Waals surface area (Å²) in [4.78, 5) is 25.5. The van der Waals surface area contributed by atoms with Crippen LogP contribution in [0.15, 0.2) is 59.7 Å². The number of carbonyl (C=O) groups is 2. The number of thiophene rings is 1. The molecule has 29 heavy (non-hydrogen) atoms. The van der Waals surface area contributed by atoms with Crippen LogP contribution >= 0.6 is 11.3 Å². The molecule has 0 unspecified atom stereocenters. The van der Waals surface area contributed by atoms with Crippen LogP contribution < -0.4 is 14.2 Å². The van der Waals surface area contributed by atoms with Crippen molar-refractivity contribution in [3.8, 4) is 17.2 Å². The number of hydrogen-bond acceptors (Lipinski definition) is 6. The van der Waals surface area contributed by atoms with Crippen LogP contribution in [0.5, 0.6) is 17.2 Å². The molecule has 0 bridgehead atoms. The summed E-state index contributed by atoms with van der Waals surface area (Å²) in [6, 6.07) is 14.1. The van der Waals surface area contributed by atoms with Crippen molar-refractivity contribution >= 4 is 29.2 Å². The van der Waals surface area contributed by atoms with Gasteiger partial charge >= 0.3 is 5.97 Å². The number of carbonyl (C=O) groups excluding carboxylic acids is 2. The molecule has 146 valence electrons. The average molecular weight is 406 g/mol. The van der Waals surface area contributed by atoms with Gasteiger partial charge in [0.15, 0.2) is 5.76 Å². The predicted octanol–water partition coefficient (Wildman–Crippen LogP) is 5.29. The Morgan fingerprint density at radius 2 is 1.93 bits per heavy atom. The number of hydrogen-bond donors (Lipinski definition) is 0. The summed E-state index contributed by atoms with van der Waals surface area (Å²) in [5, 5.41) is 1.81. The number of aryl methyl sites for hydroxylation is 1. The van der Waals surface area contributed by atoms with Crippen molar-refractivity contribution in [2.24, 2.45) is 0 Å². The minimum Gasteiger partial charge on any atom is -0.494 e.